The number of nitrogens with zero attached hydrogens (tertiary/aromatic N) is 1. The van der Waals surface area contributed by atoms with Gasteiger partial charge in [-0.3, -0.25) is 4.79 Å². The molecule has 2 heterocycles. The molecule has 6 heteroatoms. The fraction of sp³-hybridized carbons (Fsp3) is 0.533. The molecule has 0 aromatic heterocycles. The molecular formula is C15H22N4O2. The van der Waals surface area contributed by atoms with Crippen molar-refractivity contribution >= 4 is 23.0 Å². The van der Waals surface area contributed by atoms with Gasteiger partial charge in [0.25, 0.3) is 5.91 Å². The first-order chi connectivity index (χ1) is 10.2. The average molecular weight is 290 g/mol. The van der Waals surface area contributed by atoms with Crippen molar-refractivity contribution in [2.75, 3.05) is 49.2 Å². The highest BCUT2D eigenvalue weighted by Gasteiger charge is 2.22. The fourth-order valence-corrected chi connectivity index (χ4v) is 2.92. The third kappa shape index (κ3) is 3.05. The number of amides is 1. The summed E-state index contributed by atoms with van der Waals surface area (Å²) < 4.78 is 5.35. The number of hydrogen-bond acceptors (Lipinski definition) is 5. The standard InChI is InChI=1S/C15H22N4O2/c1-2-19-4-3-10(8-19)7-17-12-6-13-14(5-11(12)16)21-9-15(20)18-13/h5-6,10,17H,2-4,7-9,16H2,1H3,(H,18,20). The molecule has 1 aromatic carbocycles. The van der Waals surface area contributed by atoms with Gasteiger partial charge in [0, 0.05) is 19.2 Å². The van der Waals surface area contributed by atoms with E-state index in [1.807, 2.05) is 6.07 Å². The molecule has 2 aliphatic rings. The molecule has 1 fully saturated rings. The minimum Gasteiger partial charge on any atom is -0.482 e. The quantitative estimate of drug-likeness (QED) is 0.730. The minimum atomic E-state index is -0.132. The Bertz CT molecular complexity index is 547. The Morgan fingerprint density at radius 2 is 2.38 bits per heavy atom. The normalized spacial score (nSPS) is 21.6. The zero-order chi connectivity index (χ0) is 14.8. The number of benzene rings is 1. The number of rotatable bonds is 4. The van der Waals surface area contributed by atoms with Crippen LogP contribution in [0.4, 0.5) is 17.1 Å². The summed E-state index contributed by atoms with van der Waals surface area (Å²) in [5.41, 5.74) is 8.24. The fourth-order valence-electron chi connectivity index (χ4n) is 2.92. The number of hydrogen-bond donors (Lipinski definition) is 3. The lowest BCUT2D eigenvalue weighted by molar-refractivity contribution is -0.118. The van der Waals surface area contributed by atoms with Crippen molar-refractivity contribution in [2.24, 2.45) is 5.92 Å². The molecule has 1 saturated heterocycles. The lowest BCUT2D eigenvalue weighted by atomic mass is 10.1. The number of likely N-dealkylation sites (tertiary alicyclic amines) is 1. The van der Waals surface area contributed by atoms with E-state index in [1.54, 1.807) is 6.07 Å². The Kier molecular flexibility index (Phi) is 3.88. The zero-order valence-corrected chi connectivity index (χ0v) is 12.3. The summed E-state index contributed by atoms with van der Waals surface area (Å²) in [6.45, 7) is 6.56. The molecule has 1 amide bonds. The van der Waals surface area contributed by atoms with Crippen LogP contribution in [0.25, 0.3) is 0 Å². The Morgan fingerprint density at radius 3 is 3.14 bits per heavy atom. The number of ether oxygens (including phenoxy) is 1. The summed E-state index contributed by atoms with van der Waals surface area (Å²) in [4.78, 5) is 13.8. The predicted octanol–water partition coefficient (Wildman–Crippen LogP) is 1.35. The molecular weight excluding hydrogens is 268 g/mol. The molecule has 114 valence electrons. The third-order valence-electron chi connectivity index (χ3n) is 4.18. The summed E-state index contributed by atoms with van der Waals surface area (Å²) in [6.07, 6.45) is 1.21. The van der Waals surface area contributed by atoms with Crippen molar-refractivity contribution in [3.63, 3.8) is 0 Å². The van der Waals surface area contributed by atoms with Gasteiger partial charge in [0.05, 0.1) is 17.1 Å². The molecule has 0 spiro atoms. The van der Waals surface area contributed by atoms with E-state index in [9.17, 15) is 4.79 Å². The highest BCUT2D eigenvalue weighted by Crippen LogP contribution is 2.35. The van der Waals surface area contributed by atoms with Gasteiger partial charge in [-0.15, -0.1) is 0 Å². The van der Waals surface area contributed by atoms with E-state index in [0.717, 1.165) is 25.3 Å². The number of anilines is 3. The summed E-state index contributed by atoms with van der Waals surface area (Å²) in [6, 6.07) is 3.62. The summed E-state index contributed by atoms with van der Waals surface area (Å²) >= 11 is 0. The monoisotopic (exact) mass is 290 g/mol. The maximum Gasteiger partial charge on any atom is 0.262 e. The van der Waals surface area contributed by atoms with E-state index >= 15 is 0 Å². The van der Waals surface area contributed by atoms with Gasteiger partial charge in [-0.25, -0.2) is 0 Å². The number of nitrogens with one attached hydrogen (secondary N) is 2. The summed E-state index contributed by atoms with van der Waals surface area (Å²) in [5, 5.41) is 6.21. The van der Waals surface area contributed by atoms with Crippen LogP contribution in [0.3, 0.4) is 0 Å². The van der Waals surface area contributed by atoms with Crippen LogP contribution in [0, 0.1) is 5.92 Å². The van der Waals surface area contributed by atoms with E-state index in [-0.39, 0.29) is 12.5 Å². The summed E-state index contributed by atoms with van der Waals surface area (Å²) in [7, 11) is 0. The Labute approximate surface area is 124 Å². The molecule has 3 rings (SSSR count). The SMILES string of the molecule is CCN1CCC(CNc2cc3c(cc2N)OCC(=O)N3)C1. The van der Waals surface area contributed by atoms with Crippen LogP contribution in [0.15, 0.2) is 12.1 Å². The topological polar surface area (TPSA) is 79.6 Å². The van der Waals surface area contributed by atoms with Crippen molar-refractivity contribution in [2.45, 2.75) is 13.3 Å². The first kappa shape index (κ1) is 14.0. The van der Waals surface area contributed by atoms with Crippen LogP contribution in [-0.4, -0.2) is 43.6 Å². The molecule has 2 aliphatic heterocycles. The van der Waals surface area contributed by atoms with E-state index < -0.39 is 0 Å². The minimum absolute atomic E-state index is 0.0497. The Balaban J connectivity index is 1.65. The van der Waals surface area contributed by atoms with E-state index in [4.69, 9.17) is 10.5 Å². The second-order valence-corrected chi connectivity index (χ2v) is 5.70. The number of nitrogen functional groups attached to an aromatic ring is 1. The van der Waals surface area contributed by atoms with Crippen LogP contribution in [0.1, 0.15) is 13.3 Å². The van der Waals surface area contributed by atoms with Gasteiger partial charge in [-0.2, -0.15) is 0 Å². The van der Waals surface area contributed by atoms with Crippen molar-refractivity contribution in [1.29, 1.82) is 0 Å². The maximum absolute atomic E-state index is 11.4. The lowest BCUT2D eigenvalue weighted by Crippen LogP contribution is -2.26. The van der Waals surface area contributed by atoms with Crippen molar-refractivity contribution in [3.8, 4) is 5.75 Å². The van der Waals surface area contributed by atoms with Crippen molar-refractivity contribution in [3.05, 3.63) is 12.1 Å². The van der Waals surface area contributed by atoms with Gasteiger partial charge in [0.15, 0.2) is 6.61 Å². The largest absolute Gasteiger partial charge is 0.482 e. The molecule has 4 N–H and O–H groups in total. The van der Waals surface area contributed by atoms with Crippen molar-refractivity contribution in [1.82, 2.24) is 4.90 Å². The molecule has 0 bridgehead atoms. The number of carbonyl (C=O) groups is 1. The second-order valence-electron chi connectivity index (χ2n) is 5.70. The highest BCUT2D eigenvalue weighted by molar-refractivity contribution is 5.97. The first-order valence-corrected chi connectivity index (χ1v) is 7.48. The zero-order valence-electron chi connectivity index (χ0n) is 12.3. The molecule has 1 atom stereocenters. The molecule has 0 aliphatic carbocycles. The highest BCUT2D eigenvalue weighted by atomic mass is 16.5. The van der Waals surface area contributed by atoms with Crippen LogP contribution in [-0.2, 0) is 4.79 Å². The van der Waals surface area contributed by atoms with Gasteiger partial charge >= 0.3 is 0 Å². The van der Waals surface area contributed by atoms with Gasteiger partial charge in [-0.05, 0) is 31.5 Å². The predicted molar refractivity (Wildman–Crippen MR) is 83.7 cm³/mol. The smallest absolute Gasteiger partial charge is 0.262 e. The molecule has 6 nitrogen and oxygen atoms in total. The lowest BCUT2D eigenvalue weighted by Gasteiger charge is -2.21. The number of carbonyl (C=O) groups excluding carboxylic acids is 1. The van der Waals surface area contributed by atoms with Crippen LogP contribution < -0.4 is 21.1 Å². The molecule has 0 saturated carbocycles. The number of nitrogens with two attached hydrogens (primary N) is 1. The Morgan fingerprint density at radius 1 is 1.52 bits per heavy atom. The average Bonchev–Trinajstić information content (AvgIpc) is 2.93. The molecule has 21 heavy (non-hydrogen) atoms. The van der Waals surface area contributed by atoms with Crippen LogP contribution in [0.2, 0.25) is 0 Å². The van der Waals surface area contributed by atoms with Crippen LogP contribution >= 0.6 is 0 Å². The molecule has 1 aromatic rings. The van der Waals surface area contributed by atoms with E-state index in [1.165, 1.54) is 13.0 Å². The summed E-state index contributed by atoms with van der Waals surface area (Å²) in [5.74, 6) is 1.15. The number of fused-ring (bicyclic) bond motifs is 1. The maximum atomic E-state index is 11.4. The third-order valence-corrected chi connectivity index (χ3v) is 4.18. The Hall–Kier alpha value is -1.95. The van der Waals surface area contributed by atoms with Gasteiger partial charge in [0.2, 0.25) is 0 Å². The first-order valence-electron chi connectivity index (χ1n) is 7.48. The van der Waals surface area contributed by atoms with E-state index in [0.29, 0.717) is 23.0 Å². The van der Waals surface area contributed by atoms with Crippen molar-refractivity contribution < 1.29 is 9.53 Å². The molecule has 1 unspecified atom stereocenters. The van der Waals surface area contributed by atoms with Gasteiger partial charge in [-0.1, -0.05) is 6.92 Å². The molecule has 0 radical (unpaired) electrons. The van der Waals surface area contributed by atoms with E-state index in [2.05, 4.69) is 22.5 Å². The second kappa shape index (κ2) is 5.81. The van der Waals surface area contributed by atoms with Gasteiger partial charge in [0.1, 0.15) is 5.75 Å². The van der Waals surface area contributed by atoms with Gasteiger partial charge < -0.3 is 26.0 Å². The van der Waals surface area contributed by atoms with Crippen LogP contribution in [0.5, 0.6) is 5.75 Å².